The van der Waals surface area contributed by atoms with Crippen molar-refractivity contribution in [2.45, 2.75) is 44.9 Å². The van der Waals surface area contributed by atoms with Gasteiger partial charge in [0, 0.05) is 29.6 Å². The number of aliphatic carboxylic acids is 1. The van der Waals surface area contributed by atoms with Crippen LogP contribution in [0.25, 0.3) is 28.2 Å². The summed E-state index contributed by atoms with van der Waals surface area (Å²) in [4.78, 5) is 15.2. The number of pyridine rings is 1. The quantitative estimate of drug-likeness (QED) is 0.519. The number of carbonyl (C=O) groups is 1. The molecule has 1 aromatic carbocycles. The van der Waals surface area contributed by atoms with Gasteiger partial charge in [0.2, 0.25) is 0 Å². The van der Waals surface area contributed by atoms with Crippen LogP contribution >= 0.6 is 0 Å². The smallest absolute Gasteiger partial charge is 0.305 e. The van der Waals surface area contributed by atoms with Crippen molar-refractivity contribution in [1.29, 1.82) is 0 Å². The predicted octanol–water partition coefficient (Wildman–Crippen LogP) is 4.02. The number of carboxylic acids is 1. The molecule has 0 amide bonds. The Hall–Kier alpha value is -3.03. The van der Waals surface area contributed by atoms with Crippen LogP contribution in [0.15, 0.2) is 48.7 Å². The van der Waals surface area contributed by atoms with Crippen LogP contribution in [0, 0.1) is 5.82 Å². The molecule has 0 saturated heterocycles. The number of halogens is 1. The van der Waals surface area contributed by atoms with Crippen molar-refractivity contribution < 1.29 is 24.5 Å². The monoisotopic (exact) mass is 412 g/mol. The minimum absolute atomic E-state index is 0.0611. The topological polar surface area (TPSA) is 95.6 Å². The van der Waals surface area contributed by atoms with Crippen LogP contribution in [0.5, 0.6) is 0 Å². The first-order valence-electron chi connectivity index (χ1n) is 9.79. The van der Waals surface area contributed by atoms with Crippen molar-refractivity contribution in [3.8, 4) is 11.1 Å². The van der Waals surface area contributed by atoms with E-state index in [1.165, 1.54) is 18.2 Å². The zero-order valence-corrected chi connectivity index (χ0v) is 16.9. The number of aliphatic hydroxyl groups is 2. The van der Waals surface area contributed by atoms with Crippen molar-refractivity contribution in [3.05, 3.63) is 60.2 Å². The van der Waals surface area contributed by atoms with Crippen molar-refractivity contribution in [3.63, 3.8) is 0 Å². The largest absolute Gasteiger partial charge is 0.481 e. The van der Waals surface area contributed by atoms with Gasteiger partial charge in [-0.05, 0) is 49.8 Å². The summed E-state index contributed by atoms with van der Waals surface area (Å²) in [6.07, 6.45) is 2.31. The van der Waals surface area contributed by atoms with Crippen molar-refractivity contribution in [2.24, 2.45) is 0 Å². The van der Waals surface area contributed by atoms with E-state index in [2.05, 4.69) is 4.98 Å². The zero-order valence-electron chi connectivity index (χ0n) is 16.9. The minimum atomic E-state index is -1.14. The molecule has 6 nitrogen and oxygen atoms in total. The van der Waals surface area contributed by atoms with E-state index in [4.69, 9.17) is 5.11 Å². The summed E-state index contributed by atoms with van der Waals surface area (Å²) in [6, 6.07) is 10.0. The average molecular weight is 412 g/mol. The summed E-state index contributed by atoms with van der Waals surface area (Å²) in [5.41, 5.74) is 3.24. The fourth-order valence-electron chi connectivity index (χ4n) is 3.61. The fourth-order valence-corrected chi connectivity index (χ4v) is 3.61. The highest BCUT2D eigenvalue weighted by Crippen LogP contribution is 2.37. The van der Waals surface area contributed by atoms with E-state index in [1.807, 2.05) is 30.5 Å². The van der Waals surface area contributed by atoms with Crippen molar-refractivity contribution in [1.82, 2.24) is 9.55 Å². The first kappa shape index (κ1) is 21.7. The molecule has 3 aromatic rings. The standard InChI is InChI=1S/C23H25FN2O4/c1-14(2)26-20(10-9-17(27)12-18(28)13-21(29)30)22(15-5-7-16(24)8-6-15)19-4-3-11-25-23(19)26/h3-11,14,17-18,27-28H,12-13H2,1-2H3,(H,29,30)/b10-9+/t17-,18-/m1/s1. The number of benzene rings is 1. The number of rotatable bonds is 8. The van der Waals surface area contributed by atoms with Gasteiger partial charge in [-0.1, -0.05) is 18.2 Å². The molecule has 2 atom stereocenters. The third-order valence-electron chi connectivity index (χ3n) is 4.85. The molecule has 0 fully saturated rings. The molecule has 0 aliphatic rings. The number of aliphatic hydroxyl groups excluding tert-OH is 2. The zero-order chi connectivity index (χ0) is 21.8. The highest BCUT2D eigenvalue weighted by molar-refractivity contribution is 5.99. The first-order chi connectivity index (χ1) is 14.3. The molecule has 0 spiro atoms. The SMILES string of the molecule is CC(C)n1c(/C=C/[C@@H](O)C[C@@H](O)CC(=O)O)c(-c2ccc(F)cc2)c2cccnc21. The Morgan fingerprint density at radius 1 is 1.20 bits per heavy atom. The van der Waals surface area contributed by atoms with Crippen LogP contribution in [0.1, 0.15) is 38.4 Å². The Morgan fingerprint density at radius 3 is 2.53 bits per heavy atom. The second-order valence-electron chi connectivity index (χ2n) is 7.52. The summed E-state index contributed by atoms with van der Waals surface area (Å²) >= 11 is 0. The number of aromatic nitrogens is 2. The number of hydrogen-bond acceptors (Lipinski definition) is 4. The van der Waals surface area contributed by atoms with Crippen LogP contribution in [0.3, 0.4) is 0 Å². The number of fused-ring (bicyclic) bond motifs is 1. The van der Waals surface area contributed by atoms with E-state index in [1.54, 1.807) is 24.4 Å². The van der Waals surface area contributed by atoms with Gasteiger partial charge in [0.1, 0.15) is 11.5 Å². The molecule has 7 heteroatoms. The van der Waals surface area contributed by atoms with Crippen molar-refractivity contribution >= 4 is 23.1 Å². The first-order valence-corrected chi connectivity index (χ1v) is 9.79. The molecule has 3 N–H and O–H groups in total. The maximum absolute atomic E-state index is 13.5. The lowest BCUT2D eigenvalue weighted by Crippen LogP contribution is -2.19. The van der Waals surface area contributed by atoms with Gasteiger partial charge in [-0.15, -0.1) is 0 Å². The lowest BCUT2D eigenvalue weighted by atomic mass is 10.0. The van der Waals surface area contributed by atoms with Crippen molar-refractivity contribution in [2.75, 3.05) is 0 Å². The molecular weight excluding hydrogens is 387 g/mol. The minimum Gasteiger partial charge on any atom is -0.481 e. The molecule has 158 valence electrons. The van der Waals surface area contributed by atoms with E-state index < -0.39 is 24.6 Å². The Bertz CT molecular complexity index is 1060. The van der Waals surface area contributed by atoms with E-state index in [0.717, 1.165) is 27.9 Å². The van der Waals surface area contributed by atoms with Crippen LogP contribution in [0.4, 0.5) is 4.39 Å². The van der Waals surface area contributed by atoms with Crippen LogP contribution in [-0.4, -0.2) is 43.0 Å². The molecule has 3 rings (SSSR count). The van der Waals surface area contributed by atoms with Gasteiger partial charge >= 0.3 is 5.97 Å². The molecule has 30 heavy (non-hydrogen) atoms. The van der Waals surface area contributed by atoms with Crippen LogP contribution < -0.4 is 0 Å². The Labute approximate surface area is 173 Å². The van der Waals surface area contributed by atoms with Gasteiger partial charge in [-0.2, -0.15) is 0 Å². The maximum atomic E-state index is 13.5. The van der Waals surface area contributed by atoms with Crippen LogP contribution in [0.2, 0.25) is 0 Å². The lowest BCUT2D eigenvalue weighted by Gasteiger charge is -2.14. The summed E-state index contributed by atoms with van der Waals surface area (Å²) in [5.74, 6) is -1.45. The number of hydrogen-bond donors (Lipinski definition) is 3. The third kappa shape index (κ3) is 4.75. The van der Waals surface area contributed by atoms with E-state index in [9.17, 15) is 19.4 Å². The van der Waals surface area contributed by atoms with Gasteiger partial charge in [-0.3, -0.25) is 4.79 Å². The van der Waals surface area contributed by atoms with Gasteiger partial charge in [0.15, 0.2) is 0 Å². The summed E-state index contributed by atoms with van der Waals surface area (Å²) in [7, 11) is 0. The Balaban J connectivity index is 2.08. The molecule has 0 saturated carbocycles. The lowest BCUT2D eigenvalue weighted by molar-refractivity contribution is -0.139. The molecule has 0 aliphatic carbocycles. The van der Waals surface area contributed by atoms with Gasteiger partial charge in [-0.25, -0.2) is 9.37 Å². The Kier molecular flexibility index (Phi) is 6.64. The summed E-state index contributed by atoms with van der Waals surface area (Å²) < 4.78 is 15.5. The normalized spacial score (nSPS) is 13.9. The van der Waals surface area contributed by atoms with Gasteiger partial charge in [0.05, 0.1) is 24.3 Å². The van der Waals surface area contributed by atoms with Crippen LogP contribution in [-0.2, 0) is 4.79 Å². The Morgan fingerprint density at radius 2 is 1.90 bits per heavy atom. The molecule has 2 aromatic heterocycles. The maximum Gasteiger partial charge on any atom is 0.305 e. The second-order valence-corrected chi connectivity index (χ2v) is 7.52. The number of nitrogens with zero attached hydrogens (tertiary/aromatic N) is 2. The highest BCUT2D eigenvalue weighted by atomic mass is 19.1. The molecule has 0 unspecified atom stereocenters. The molecule has 0 radical (unpaired) electrons. The second kappa shape index (κ2) is 9.19. The summed E-state index contributed by atoms with van der Waals surface area (Å²) in [6.45, 7) is 4.04. The summed E-state index contributed by atoms with van der Waals surface area (Å²) in [5, 5.41) is 29.7. The van der Waals surface area contributed by atoms with E-state index >= 15 is 0 Å². The van der Waals surface area contributed by atoms with E-state index in [-0.39, 0.29) is 18.3 Å². The average Bonchev–Trinajstić information content (AvgIpc) is 3.00. The predicted molar refractivity (Wildman–Crippen MR) is 113 cm³/mol. The van der Waals surface area contributed by atoms with E-state index in [0.29, 0.717) is 0 Å². The molecule has 0 bridgehead atoms. The molecular formula is C23H25FN2O4. The van der Waals surface area contributed by atoms with Gasteiger partial charge < -0.3 is 19.9 Å². The highest BCUT2D eigenvalue weighted by Gasteiger charge is 2.20. The number of carboxylic acid groups (broad SMARTS) is 1. The fraction of sp³-hybridized carbons (Fsp3) is 0.304. The van der Waals surface area contributed by atoms with Gasteiger partial charge in [0.25, 0.3) is 0 Å². The molecule has 2 heterocycles. The molecule has 0 aliphatic heterocycles. The third-order valence-corrected chi connectivity index (χ3v) is 4.85.